The number of rotatable bonds is 12. The molecular weight excluding hydrogens is 212 g/mol. The van der Waals surface area contributed by atoms with Crippen LogP contribution >= 0.6 is 0 Å². The maximum Gasteiger partial charge on any atom is 0.0587 e. The Labute approximate surface area is 107 Å². The molecule has 1 fully saturated rings. The van der Waals surface area contributed by atoms with E-state index < -0.39 is 0 Å². The molecule has 0 unspecified atom stereocenters. The van der Waals surface area contributed by atoms with Gasteiger partial charge in [0.15, 0.2) is 0 Å². The first-order valence-electron chi connectivity index (χ1n) is 7.32. The first-order valence-corrected chi connectivity index (χ1v) is 7.32. The van der Waals surface area contributed by atoms with Gasteiger partial charge in [0.25, 0.3) is 0 Å². The second-order valence-corrected chi connectivity index (χ2v) is 5.07. The van der Waals surface area contributed by atoms with Crippen LogP contribution < -0.4 is 5.32 Å². The van der Waals surface area contributed by atoms with Crippen LogP contribution in [-0.2, 0) is 4.74 Å². The van der Waals surface area contributed by atoms with E-state index in [2.05, 4.69) is 17.1 Å². The molecule has 1 saturated carbocycles. The van der Waals surface area contributed by atoms with Gasteiger partial charge in [0.2, 0.25) is 0 Å². The zero-order valence-electron chi connectivity index (χ0n) is 11.7. The minimum Gasteiger partial charge on any atom is -0.383 e. The van der Waals surface area contributed by atoms with Crippen LogP contribution in [-0.4, -0.2) is 50.8 Å². The average Bonchev–Trinajstić information content (AvgIpc) is 3.16. The Morgan fingerprint density at radius 3 is 2.53 bits per heavy atom. The number of hydrogen-bond donors (Lipinski definition) is 1. The van der Waals surface area contributed by atoms with Crippen LogP contribution in [0.4, 0.5) is 0 Å². The predicted octanol–water partition coefficient (Wildman–Crippen LogP) is 2.27. The van der Waals surface area contributed by atoms with E-state index >= 15 is 0 Å². The molecular formula is C14H30N2O. The number of ether oxygens (including phenoxy) is 1. The van der Waals surface area contributed by atoms with E-state index in [1.54, 1.807) is 7.11 Å². The van der Waals surface area contributed by atoms with Crippen molar-refractivity contribution in [3.05, 3.63) is 0 Å². The summed E-state index contributed by atoms with van der Waals surface area (Å²) < 4.78 is 5.00. The maximum atomic E-state index is 5.00. The summed E-state index contributed by atoms with van der Waals surface area (Å²) in [6.07, 6.45) is 8.19. The molecule has 0 spiro atoms. The number of unbranched alkanes of at least 4 members (excludes halogenated alkanes) is 2. The maximum absolute atomic E-state index is 5.00. The van der Waals surface area contributed by atoms with Gasteiger partial charge in [0.1, 0.15) is 0 Å². The Balaban J connectivity index is 1.91. The summed E-state index contributed by atoms with van der Waals surface area (Å²) in [5.41, 5.74) is 0. The highest BCUT2D eigenvalue weighted by Crippen LogP contribution is 2.27. The van der Waals surface area contributed by atoms with Crippen LogP contribution in [0.3, 0.4) is 0 Å². The molecule has 17 heavy (non-hydrogen) atoms. The normalized spacial score (nSPS) is 15.7. The van der Waals surface area contributed by atoms with Gasteiger partial charge in [0.05, 0.1) is 6.61 Å². The molecule has 0 saturated heterocycles. The number of hydrogen-bond acceptors (Lipinski definition) is 3. The molecule has 0 bridgehead atoms. The molecule has 1 aliphatic rings. The Morgan fingerprint density at radius 2 is 1.88 bits per heavy atom. The summed E-state index contributed by atoms with van der Waals surface area (Å²) in [5.74, 6) is 0. The Hall–Kier alpha value is -0.120. The van der Waals surface area contributed by atoms with Crippen molar-refractivity contribution < 1.29 is 4.74 Å². The molecule has 0 atom stereocenters. The number of nitrogens with one attached hydrogen (secondary N) is 1. The Kier molecular flexibility index (Phi) is 8.67. The van der Waals surface area contributed by atoms with Gasteiger partial charge in [-0.1, -0.05) is 13.3 Å². The topological polar surface area (TPSA) is 24.5 Å². The van der Waals surface area contributed by atoms with Crippen molar-refractivity contribution in [1.29, 1.82) is 0 Å². The van der Waals surface area contributed by atoms with Gasteiger partial charge >= 0.3 is 0 Å². The lowest BCUT2D eigenvalue weighted by molar-refractivity contribution is 0.199. The smallest absolute Gasteiger partial charge is 0.0587 e. The van der Waals surface area contributed by atoms with Crippen LogP contribution in [0.1, 0.15) is 45.4 Å². The van der Waals surface area contributed by atoms with Gasteiger partial charge in [-0.25, -0.2) is 0 Å². The Morgan fingerprint density at radius 1 is 1.12 bits per heavy atom. The third-order valence-corrected chi connectivity index (χ3v) is 3.39. The van der Waals surface area contributed by atoms with E-state index in [1.807, 2.05) is 0 Å². The van der Waals surface area contributed by atoms with Crippen molar-refractivity contribution in [3.8, 4) is 0 Å². The molecule has 102 valence electrons. The summed E-state index contributed by atoms with van der Waals surface area (Å²) in [6, 6.07) is 0.933. The molecule has 0 aromatic carbocycles. The van der Waals surface area contributed by atoms with Crippen LogP contribution in [0.15, 0.2) is 0 Å². The van der Waals surface area contributed by atoms with Crippen molar-refractivity contribution in [1.82, 2.24) is 10.2 Å². The molecule has 0 aliphatic heterocycles. The predicted molar refractivity (Wildman–Crippen MR) is 73.5 cm³/mol. The SMILES string of the molecule is CCCCN(CCCCNCCOC)C1CC1. The van der Waals surface area contributed by atoms with E-state index in [1.165, 1.54) is 51.6 Å². The van der Waals surface area contributed by atoms with Crippen LogP contribution in [0.5, 0.6) is 0 Å². The molecule has 0 amide bonds. The molecule has 0 aromatic rings. The summed E-state index contributed by atoms with van der Waals surface area (Å²) >= 11 is 0. The largest absolute Gasteiger partial charge is 0.383 e. The molecule has 1 N–H and O–H groups in total. The van der Waals surface area contributed by atoms with Crippen molar-refractivity contribution in [2.24, 2.45) is 0 Å². The first kappa shape index (κ1) is 14.9. The molecule has 0 aromatic heterocycles. The van der Waals surface area contributed by atoms with Crippen molar-refractivity contribution in [2.45, 2.75) is 51.5 Å². The van der Waals surface area contributed by atoms with E-state index in [-0.39, 0.29) is 0 Å². The molecule has 1 rings (SSSR count). The minimum absolute atomic E-state index is 0.824. The third-order valence-electron chi connectivity index (χ3n) is 3.39. The molecule has 3 heteroatoms. The van der Waals surface area contributed by atoms with Crippen LogP contribution in [0.2, 0.25) is 0 Å². The number of nitrogens with zero attached hydrogens (tertiary/aromatic N) is 1. The molecule has 3 nitrogen and oxygen atoms in total. The zero-order chi connectivity index (χ0) is 12.3. The summed E-state index contributed by atoms with van der Waals surface area (Å²) in [7, 11) is 1.75. The Bertz CT molecular complexity index is 172. The molecule has 0 heterocycles. The van der Waals surface area contributed by atoms with E-state index in [0.717, 1.165) is 25.7 Å². The first-order chi connectivity index (χ1) is 8.38. The van der Waals surface area contributed by atoms with Gasteiger partial charge in [0, 0.05) is 19.7 Å². The lowest BCUT2D eigenvalue weighted by Crippen LogP contribution is -2.29. The highest BCUT2D eigenvalue weighted by atomic mass is 16.5. The van der Waals surface area contributed by atoms with Gasteiger partial charge in [-0.15, -0.1) is 0 Å². The fraction of sp³-hybridized carbons (Fsp3) is 1.00. The second-order valence-electron chi connectivity index (χ2n) is 5.07. The van der Waals surface area contributed by atoms with E-state index in [9.17, 15) is 0 Å². The van der Waals surface area contributed by atoms with Crippen LogP contribution in [0.25, 0.3) is 0 Å². The summed E-state index contributed by atoms with van der Waals surface area (Å²) in [4.78, 5) is 2.71. The number of methoxy groups -OCH3 is 1. The van der Waals surface area contributed by atoms with Crippen molar-refractivity contribution >= 4 is 0 Å². The van der Waals surface area contributed by atoms with Gasteiger partial charge in [-0.2, -0.15) is 0 Å². The van der Waals surface area contributed by atoms with Crippen molar-refractivity contribution in [3.63, 3.8) is 0 Å². The second kappa shape index (κ2) is 9.86. The fourth-order valence-electron chi connectivity index (χ4n) is 2.14. The van der Waals surface area contributed by atoms with Gasteiger partial charge in [-0.3, -0.25) is 0 Å². The lowest BCUT2D eigenvalue weighted by atomic mass is 10.2. The molecule has 0 radical (unpaired) electrons. The lowest BCUT2D eigenvalue weighted by Gasteiger charge is -2.21. The highest BCUT2D eigenvalue weighted by molar-refractivity contribution is 4.84. The summed E-state index contributed by atoms with van der Waals surface area (Å²) in [5, 5.41) is 3.40. The third kappa shape index (κ3) is 7.74. The van der Waals surface area contributed by atoms with Crippen molar-refractivity contribution in [2.75, 3.05) is 39.9 Å². The van der Waals surface area contributed by atoms with E-state index in [0.29, 0.717) is 0 Å². The minimum atomic E-state index is 0.824. The highest BCUT2D eigenvalue weighted by Gasteiger charge is 2.27. The zero-order valence-corrected chi connectivity index (χ0v) is 11.7. The van der Waals surface area contributed by atoms with Crippen LogP contribution in [0, 0.1) is 0 Å². The quantitative estimate of drug-likeness (QED) is 0.531. The standard InChI is InChI=1S/C14H30N2O/c1-3-4-11-16(14-7-8-14)12-6-5-9-15-10-13-17-2/h14-15H,3-13H2,1-2H3. The monoisotopic (exact) mass is 242 g/mol. The van der Waals surface area contributed by atoms with Gasteiger partial charge < -0.3 is 15.0 Å². The fourth-order valence-corrected chi connectivity index (χ4v) is 2.14. The van der Waals surface area contributed by atoms with E-state index in [4.69, 9.17) is 4.74 Å². The summed E-state index contributed by atoms with van der Waals surface area (Å²) in [6.45, 7) is 7.85. The van der Waals surface area contributed by atoms with Gasteiger partial charge in [-0.05, 0) is 51.7 Å². The molecule has 1 aliphatic carbocycles. The average molecular weight is 242 g/mol.